The Balaban J connectivity index is 2.07. The zero-order chi connectivity index (χ0) is 14.7. The Bertz CT molecular complexity index is 620. The van der Waals surface area contributed by atoms with Crippen molar-refractivity contribution >= 4 is 5.97 Å². The summed E-state index contributed by atoms with van der Waals surface area (Å²) in [5.41, 5.74) is 1.43. The van der Waals surface area contributed by atoms with Gasteiger partial charge in [-0.1, -0.05) is 11.3 Å². The van der Waals surface area contributed by atoms with Gasteiger partial charge in [-0.15, -0.1) is 5.10 Å². The SMILES string of the molecule is CCOC(=O)c1nnn(C2CCOC2)c1-c1ccccn1. The molecule has 1 aliphatic heterocycles. The average Bonchev–Trinajstić information content (AvgIpc) is 3.17. The second-order valence-electron chi connectivity index (χ2n) is 4.68. The summed E-state index contributed by atoms with van der Waals surface area (Å²) < 4.78 is 12.2. The van der Waals surface area contributed by atoms with Crippen molar-refractivity contribution in [1.29, 1.82) is 0 Å². The number of carbonyl (C=O) groups is 1. The van der Waals surface area contributed by atoms with Gasteiger partial charge in [-0.2, -0.15) is 0 Å². The molecule has 1 unspecified atom stereocenters. The van der Waals surface area contributed by atoms with Crippen molar-refractivity contribution < 1.29 is 14.3 Å². The summed E-state index contributed by atoms with van der Waals surface area (Å²) in [4.78, 5) is 16.4. The lowest BCUT2D eigenvalue weighted by atomic mass is 10.2. The summed E-state index contributed by atoms with van der Waals surface area (Å²) >= 11 is 0. The van der Waals surface area contributed by atoms with Gasteiger partial charge in [0.15, 0.2) is 5.69 Å². The fourth-order valence-corrected chi connectivity index (χ4v) is 2.34. The summed E-state index contributed by atoms with van der Waals surface area (Å²) in [7, 11) is 0. The van der Waals surface area contributed by atoms with Gasteiger partial charge in [-0.3, -0.25) is 4.98 Å². The van der Waals surface area contributed by atoms with Crippen molar-refractivity contribution in [2.45, 2.75) is 19.4 Å². The van der Waals surface area contributed by atoms with E-state index in [0.717, 1.165) is 6.42 Å². The van der Waals surface area contributed by atoms with Gasteiger partial charge < -0.3 is 9.47 Å². The molecular weight excluding hydrogens is 272 g/mol. The quantitative estimate of drug-likeness (QED) is 0.793. The first-order chi connectivity index (χ1) is 10.3. The Morgan fingerprint density at radius 3 is 3.10 bits per heavy atom. The van der Waals surface area contributed by atoms with Gasteiger partial charge in [0.2, 0.25) is 0 Å². The normalized spacial score (nSPS) is 17.9. The number of hydrogen-bond donors (Lipinski definition) is 0. The fourth-order valence-electron chi connectivity index (χ4n) is 2.34. The molecule has 2 aromatic rings. The van der Waals surface area contributed by atoms with Gasteiger partial charge in [0.25, 0.3) is 0 Å². The highest BCUT2D eigenvalue weighted by atomic mass is 16.5. The molecule has 7 nitrogen and oxygen atoms in total. The number of aromatic nitrogens is 4. The third kappa shape index (κ3) is 2.64. The molecule has 2 aromatic heterocycles. The molecule has 0 spiro atoms. The van der Waals surface area contributed by atoms with E-state index in [9.17, 15) is 4.79 Å². The first kappa shape index (κ1) is 13.7. The third-order valence-electron chi connectivity index (χ3n) is 3.32. The molecule has 3 heterocycles. The Morgan fingerprint density at radius 2 is 2.43 bits per heavy atom. The van der Waals surface area contributed by atoms with Crippen LogP contribution in [0.2, 0.25) is 0 Å². The minimum atomic E-state index is -0.483. The van der Waals surface area contributed by atoms with Gasteiger partial charge in [-0.05, 0) is 25.5 Å². The number of hydrogen-bond acceptors (Lipinski definition) is 6. The summed E-state index contributed by atoms with van der Waals surface area (Å²) in [6.45, 7) is 3.29. The van der Waals surface area contributed by atoms with Crippen LogP contribution in [0.5, 0.6) is 0 Å². The van der Waals surface area contributed by atoms with Crippen LogP contribution in [0, 0.1) is 0 Å². The molecular formula is C14H16N4O3. The number of esters is 1. The van der Waals surface area contributed by atoms with Gasteiger partial charge >= 0.3 is 5.97 Å². The number of rotatable bonds is 4. The molecule has 110 valence electrons. The van der Waals surface area contributed by atoms with E-state index in [2.05, 4.69) is 15.3 Å². The Hall–Kier alpha value is -2.28. The molecule has 0 aliphatic carbocycles. The number of carbonyl (C=O) groups excluding carboxylic acids is 1. The van der Waals surface area contributed by atoms with E-state index < -0.39 is 5.97 Å². The van der Waals surface area contributed by atoms with E-state index >= 15 is 0 Å². The van der Waals surface area contributed by atoms with Crippen LogP contribution < -0.4 is 0 Å². The number of ether oxygens (including phenoxy) is 2. The zero-order valence-corrected chi connectivity index (χ0v) is 11.7. The molecule has 1 fully saturated rings. The van der Waals surface area contributed by atoms with Crippen molar-refractivity contribution in [3.05, 3.63) is 30.1 Å². The number of nitrogens with zero attached hydrogens (tertiary/aromatic N) is 4. The molecule has 0 saturated carbocycles. The Morgan fingerprint density at radius 1 is 1.52 bits per heavy atom. The lowest BCUT2D eigenvalue weighted by molar-refractivity contribution is 0.0520. The van der Waals surface area contributed by atoms with Crippen molar-refractivity contribution in [3.8, 4) is 11.4 Å². The minimum absolute atomic E-state index is 0.0673. The predicted octanol–water partition coefficient (Wildman–Crippen LogP) is 1.48. The summed E-state index contributed by atoms with van der Waals surface area (Å²) in [6, 6.07) is 5.58. The van der Waals surface area contributed by atoms with E-state index in [1.807, 2.05) is 18.2 Å². The van der Waals surface area contributed by atoms with Crippen LogP contribution >= 0.6 is 0 Å². The van der Waals surface area contributed by atoms with Gasteiger partial charge in [0, 0.05) is 12.8 Å². The fraction of sp³-hybridized carbons (Fsp3) is 0.429. The topological polar surface area (TPSA) is 79.1 Å². The smallest absolute Gasteiger partial charge is 0.361 e. The highest BCUT2D eigenvalue weighted by Crippen LogP contribution is 2.27. The van der Waals surface area contributed by atoms with Gasteiger partial charge in [0.1, 0.15) is 5.69 Å². The maximum Gasteiger partial charge on any atom is 0.361 e. The maximum atomic E-state index is 12.1. The second kappa shape index (κ2) is 6.01. The monoisotopic (exact) mass is 288 g/mol. The Labute approximate surface area is 121 Å². The van der Waals surface area contributed by atoms with Crippen LogP contribution in [0.1, 0.15) is 29.9 Å². The molecule has 3 rings (SSSR count). The van der Waals surface area contributed by atoms with Crippen molar-refractivity contribution in [1.82, 2.24) is 20.0 Å². The van der Waals surface area contributed by atoms with Crippen LogP contribution in [0.4, 0.5) is 0 Å². The van der Waals surface area contributed by atoms with Crippen LogP contribution in [0.25, 0.3) is 11.4 Å². The number of pyridine rings is 1. The first-order valence-corrected chi connectivity index (χ1v) is 6.92. The molecule has 0 N–H and O–H groups in total. The van der Waals surface area contributed by atoms with E-state index in [1.165, 1.54) is 0 Å². The van der Waals surface area contributed by atoms with Crippen LogP contribution in [-0.4, -0.2) is 45.8 Å². The molecule has 0 radical (unpaired) electrons. The second-order valence-corrected chi connectivity index (χ2v) is 4.68. The standard InChI is InChI=1S/C14H16N4O3/c1-2-21-14(19)12-13(11-5-3-4-7-15-11)18(17-16-12)10-6-8-20-9-10/h3-5,7,10H,2,6,8-9H2,1H3. The lowest BCUT2D eigenvalue weighted by Crippen LogP contribution is -2.14. The molecule has 1 saturated heterocycles. The average molecular weight is 288 g/mol. The zero-order valence-electron chi connectivity index (χ0n) is 11.7. The molecule has 7 heteroatoms. The highest BCUT2D eigenvalue weighted by molar-refractivity contribution is 5.93. The van der Waals surface area contributed by atoms with Gasteiger partial charge in [-0.25, -0.2) is 9.48 Å². The third-order valence-corrected chi connectivity index (χ3v) is 3.32. The van der Waals surface area contributed by atoms with Crippen molar-refractivity contribution in [2.75, 3.05) is 19.8 Å². The van der Waals surface area contributed by atoms with Crippen molar-refractivity contribution in [3.63, 3.8) is 0 Å². The van der Waals surface area contributed by atoms with E-state index in [1.54, 1.807) is 17.8 Å². The molecule has 0 amide bonds. The highest BCUT2D eigenvalue weighted by Gasteiger charge is 2.28. The van der Waals surface area contributed by atoms with E-state index in [0.29, 0.717) is 31.2 Å². The molecule has 0 bridgehead atoms. The van der Waals surface area contributed by atoms with Gasteiger partial charge in [0.05, 0.1) is 24.9 Å². The van der Waals surface area contributed by atoms with Crippen LogP contribution in [0.3, 0.4) is 0 Å². The summed E-state index contributed by atoms with van der Waals surface area (Å²) in [5, 5.41) is 8.12. The molecule has 21 heavy (non-hydrogen) atoms. The molecule has 1 atom stereocenters. The largest absolute Gasteiger partial charge is 0.461 e. The maximum absolute atomic E-state index is 12.1. The summed E-state index contributed by atoms with van der Waals surface area (Å²) in [5.74, 6) is -0.483. The van der Waals surface area contributed by atoms with E-state index in [4.69, 9.17) is 9.47 Å². The molecule has 0 aromatic carbocycles. The minimum Gasteiger partial charge on any atom is -0.461 e. The van der Waals surface area contributed by atoms with E-state index in [-0.39, 0.29) is 11.7 Å². The molecule has 1 aliphatic rings. The lowest BCUT2D eigenvalue weighted by Gasteiger charge is -2.12. The predicted molar refractivity (Wildman–Crippen MR) is 73.7 cm³/mol. The van der Waals surface area contributed by atoms with Crippen LogP contribution in [0.15, 0.2) is 24.4 Å². The summed E-state index contributed by atoms with van der Waals surface area (Å²) in [6.07, 6.45) is 2.51. The van der Waals surface area contributed by atoms with Crippen molar-refractivity contribution in [2.24, 2.45) is 0 Å². The Kier molecular flexibility index (Phi) is 3.92. The van der Waals surface area contributed by atoms with Crippen LogP contribution in [-0.2, 0) is 9.47 Å². The first-order valence-electron chi connectivity index (χ1n) is 6.92.